The first-order valence-corrected chi connectivity index (χ1v) is 7.29. The van der Waals surface area contributed by atoms with E-state index >= 15 is 0 Å². The third-order valence-electron chi connectivity index (χ3n) is 2.79. The summed E-state index contributed by atoms with van der Waals surface area (Å²) in [4.78, 5) is 0. The maximum atomic E-state index is 13.0. The Balaban J connectivity index is 1.67. The zero-order chi connectivity index (χ0) is 12.8. The monoisotopic (exact) mass is 267 g/mol. The molecular weight excluding hydrogens is 249 g/mol. The van der Waals surface area contributed by atoms with Crippen molar-refractivity contribution in [2.45, 2.75) is 12.5 Å². The van der Waals surface area contributed by atoms with Gasteiger partial charge in [0.2, 0.25) is 0 Å². The van der Waals surface area contributed by atoms with Crippen LogP contribution in [0, 0.1) is 5.82 Å². The number of hydrogen-bond donors (Lipinski definition) is 1. The van der Waals surface area contributed by atoms with Crippen LogP contribution in [0.1, 0.15) is 5.56 Å². The largest absolute Gasteiger partial charge is 0.488 e. The molecule has 0 spiro atoms. The van der Waals surface area contributed by atoms with Crippen LogP contribution in [-0.2, 0) is 6.42 Å². The number of benzene rings is 1. The van der Waals surface area contributed by atoms with Gasteiger partial charge in [0.05, 0.1) is 0 Å². The highest BCUT2D eigenvalue weighted by atomic mass is 32.2. The summed E-state index contributed by atoms with van der Waals surface area (Å²) in [7, 11) is 0. The number of fused-ring (bicyclic) bond motifs is 1. The summed E-state index contributed by atoms with van der Waals surface area (Å²) in [6.07, 6.45) is 2.83. The number of nitrogens with one attached hydrogen (secondary N) is 1. The molecular formula is C14H18FNOS. The minimum absolute atomic E-state index is 0.131. The molecule has 1 atom stereocenters. The number of rotatable bonds is 7. The molecule has 0 amide bonds. The summed E-state index contributed by atoms with van der Waals surface area (Å²) in [5.74, 6) is 2.70. The van der Waals surface area contributed by atoms with Crippen molar-refractivity contribution < 1.29 is 9.13 Å². The molecule has 0 aliphatic carbocycles. The van der Waals surface area contributed by atoms with Crippen molar-refractivity contribution in [3.63, 3.8) is 0 Å². The van der Waals surface area contributed by atoms with E-state index < -0.39 is 0 Å². The van der Waals surface area contributed by atoms with Gasteiger partial charge >= 0.3 is 0 Å². The second-order valence-corrected chi connectivity index (χ2v) is 5.41. The fraction of sp³-hybridized carbons (Fsp3) is 0.429. The molecule has 0 bridgehead atoms. The Kier molecular flexibility index (Phi) is 5.08. The lowest BCUT2D eigenvalue weighted by atomic mass is 10.1. The molecule has 1 N–H and O–H groups in total. The maximum Gasteiger partial charge on any atom is 0.123 e. The van der Waals surface area contributed by atoms with Crippen molar-refractivity contribution in [3.05, 3.63) is 42.2 Å². The standard InChI is InChI=1S/C14H18FNOS/c1-2-6-18-7-5-16-10-13-9-11-8-12(15)3-4-14(11)17-13/h2-4,8,13,16H,1,5-7,9-10H2. The molecule has 98 valence electrons. The fourth-order valence-corrected chi connectivity index (χ4v) is 2.60. The van der Waals surface area contributed by atoms with Crippen LogP contribution in [0.5, 0.6) is 5.75 Å². The van der Waals surface area contributed by atoms with Crippen molar-refractivity contribution in [2.75, 3.05) is 24.6 Å². The van der Waals surface area contributed by atoms with Crippen LogP contribution >= 0.6 is 11.8 Å². The lowest BCUT2D eigenvalue weighted by molar-refractivity contribution is 0.229. The zero-order valence-electron chi connectivity index (χ0n) is 10.3. The molecule has 0 aromatic heterocycles. The van der Waals surface area contributed by atoms with Gasteiger partial charge in [-0.1, -0.05) is 6.08 Å². The maximum absolute atomic E-state index is 13.0. The summed E-state index contributed by atoms with van der Waals surface area (Å²) < 4.78 is 18.8. The number of halogens is 1. The van der Waals surface area contributed by atoms with Gasteiger partial charge < -0.3 is 10.1 Å². The van der Waals surface area contributed by atoms with Gasteiger partial charge in [-0.2, -0.15) is 11.8 Å². The lowest BCUT2D eigenvalue weighted by Gasteiger charge is -2.11. The normalized spacial score (nSPS) is 17.3. The molecule has 2 nitrogen and oxygen atoms in total. The van der Waals surface area contributed by atoms with Crippen molar-refractivity contribution >= 4 is 11.8 Å². The highest BCUT2D eigenvalue weighted by molar-refractivity contribution is 7.99. The van der Waals surface area contributed by atoms with Crippen molar-refractivity contribution in [1.82, 2.24) is 5.32 Å². The zero-order valence-corrected chi connectivity index (χ0v) is 11.1. The Labute approximate surface area is 112 Å². The molecule has 1 heterocycles. The second-order valence-electron chi connectivity index (χ2n) is 4.26. The number of hydrogen-bond acceptors (Lipinski definition) is 3. The highest BCUT2D eigenvalue weighted by Gasteiger charge is 2.22. The summed E-state index contributed by atoms with van der Waals surface area (Å²) in [6.45, 7) is 5.45. The van der Waals surface area contributed by atoms with Gasteiger partial charge in [-0.3, -0.25) is 0 Å². The molecule has 1 aliphatic heterocycles. The average molecular weight is 267 g/mol. The van der Waals surface area contributed by atoms with Gasteiger partial charge in [0.15, 0.2) is 0 Å². The van der Waals surface area contributed by atoms with E-state index in [2.05, 4.69) is 11.9 Å². The summed E-state index contributed by atoms with van der Waals surface area (Å²) >= 11 is 1.85. The van der Waals surface area contributed by atoms with E-state index in [0.717, 1.165) is 42.3 Å². The molecule has 2 rings (SSSR count). The van der Waals surface area contributed by atoms with E-state index in [1.54, 1.807) is 12.1 Å². The van der Waals surface area contributed by atoms with Crippen LogP contribution in [0.25, 0.3) is 0 Å². The Morgan fingerprint density at radius 3 is 3.28 bits per heavy atom. The smallest absolute Gasteiger partial charge is 0.123 e. The van der Waals surface area contributed by atoms with Crippen molar-refractivity contribution in [1.29, 1.82) is 0 Å². The molecule has 0 saturated carbocycles. The minimum Gasteiger partial charge on any atom is -0.488 e. The molecule has 0 saturated heterocycles. The first kappa shape index (κ1) is 13.4. The number of thioether (sulfide) groups is 1. The quantitative estimate of drug-likeness (QED) is 0.606. The van der Waals surface area contributed by atoms with Crippen LogP contribution in [0.4, 0.5) is 4.39 Å². The molecule has 1 aromatic rings. The van der Waals surface area contributed by atoms with E-state index in [4.69, 9.17) is 4.74 Å². The third kappa shape index (κ3) is 3.75. The molecule has 4 heteroatoms. The van der Waals surface area contributed by atoms with Crippen molar-refractivity contribution in [3.8, 4) is 5.75 Å². The van der Waals surface area contributed by atoms with Gasteiger partial charge in [0, 0.05) is 36.6 Å². The summed E-state index contributed by atoms with van der Waals surface area (Å²) in [5, 5.41) is 3.36. The van der Waals surface area contributed by atoms with E-state index in [0.29, 0.717) is 0 Å². The molecule has 1 aliphatic rings. The Bertz CT molecular complexity index is 411. The van der Waals surface area contributed by atoms with E-state index in [1.807, 2.05) is 17.8 Å². The molecule has 0 radical (unpaired) electrons. The van der Waals surface area contributed by atoms with E-state index in [9.17, 15) is 4.39 Å². The minimum atomic E-state index is -0.188. The van der Waals surface area contributed by atoms with Crippen LogP contribution in [0.3, 0.4) is 0 Å². The Morgan fingerprint density at radius 1 is 1.56 bits per heavy atom. The van der Waals surface area contributed by atoms with Gasteiger partial charge in [-0.15, -0.1) is 6.58 Å². The topological polar surface area (TPSA) is 21.3 Å². The van der Waals surface area contributed by atoms with Gasteiger partial charge in [0.25, 0.3) is 0 Å². The fourth-order valence-electron chi connectivity index (χ4n) is 1.98. The molecule has 0 fully saturated rings. The molecule has 18 heavy (non-hydrogen) atoms. The molecule has 1 unspecified atom stereocenters. The van der Waals surface area contributed by atoms with Crippen LogP contribution in [-0.4, -0.2) is 30.7 Å². The number of ether oxygens (including phenoxy) is 1. The molecule has 1 aromatic carbocycles. The van der Waals surface area contributed by atoms with Gasteiger partial charge in [-0.25, -0.2) is 4.39 Å². The summed E-state index contributed by atoms with van der Waals surface area (Å²) in [5.41, 5.74) is 0.975. The second kappa shape index (κ2) is 6.81. The van der Waals surface area contributed by atoms with Crippen LogP contribution in [0.15, 0.2) is 30.9 Å². The van der Waals surface area contributed by atoms with Crippen LogP contribution < -0.4 is 10.1 Å². The average Bonchev–Trinajstić information content (AvgIpc) is 2.75. The first-order chi connectivity index (χ1) is 8.79. The SMILES string of the molecule is C=CCSCCNCC1Cc2cc(F)ccc2O1. The van der Waals surface area contributed by atoms with E-state index in [1.165, 1.54) is 6.07 Å². The Hall–Kier alpha value is -1.00. The summed E-state index contributed by atoms with van der Waals surface area (Å²) in [6, 6.07) is 4.72. The lowest BCUT2D eigenvalue weighted by Crippen LogP contribution is -2.31. The first-order valence-electron chi connectivity index (χ1n) is 6.14. The van der Waals surface area contributed by atoms with E-state index in [-0.39, 0.29) is 11.9 Å². The predicted molar refractivity (Wildman–Crippen MR) is 74.9 cm³/mol. The van der Waals surface area contributed by atoms with Crippen LogP contribution in [0.2, 0.25) is 0 Å². The van der Waals surface area contributed by atoms with Gasteiger partial charge in [0.1, 0.15) is 17.7 Å². The third-order valence-corrected chi connectivity index (χ3v) is 3.76. The van der Waals surface area contributed by atoms with Gasteiger partial charge in [-0.05, 0) is 18.2 Å². The Morgan fingerprint density at radius 2 is 2.44 bits per heavy atom. The predicted octanol–water partition coefficient (Wildman–Crippen LogP) is 2.64. The van der Waals surface area contributed by atoms with Crippen molar-refractivity contribution in [2.24, 2.45) is 0 Å². The highest BCUT2D eigenvalue weighted by Crippen LogP contribution is 2.28.